The van der Waals surface area contributed by atoms with Crippen LogP contribution in [0.5, 0.6) is 0 Å². The van der Waals surface area contributed by atoms with Crippen molar-refractivity contribution in [2.45, 2.75) is 40.2 Å². The summed E-state index contributed by atoms with van der Waals surface area (Å²) in [5.74, 6) is -0.835. The molecule has 0 aliphatic heterocycles. The van der Waals surface area contributed by atoms with Gasteiger partial charge in [0.1, 0.15) is 5.60 Å². The van der Waals surface area contributed by atoms with E-state index in [1.54, 1.807) is 34.6 Å². The number of aromatic nitrogens is 1. The number of carbonyl (C=O) groups excluding carboxylic acids is 2. The summed E-state index contributed by atoms with van der Waals surface area (Å²) in [6, 6.07) is 0. The fraction of sp³-hybridized carbons (Fsp3) is 0.562. The Bertz CT molecular complexity index is 717. The highest BCUT2D eigenvalue weighted by atomic mass is 32.1. The number of rotatable bonds is 9. The van der Waals surface area contributed by atoms with Crippen molar-refractivity contribution in [3.05, 3.63) is 17.2 Å². The van der Waals surface area contributed by atoms with Gasteiger partial charge in [0.2, 0.25) is 0 Å². The molecule has 0 spiro atoms. The molecule has 1 rings (SSSR count). The molecule has 0 saturated heterocycles. The van der Waals surface area contributed by atoms with Gasteiger partial charge in [-0.3, -0.25) is 9.88 Å². The van der Waals surface area contributed by atoms with Gasteiger partial charge in [0.25, 0.3) is 0 Å². The number of anilines is 1. The normalized spacial score (nSPS) is 11.7. The molecule has 0 saturated carbocycles. The van der Waals surface area contributed by atoms with E-state index in [-0.39, 0.29) is 24.0 Å². The van der Waals surface area contributed by atoms with Crippen molar-refractivity contribution in [1.29, 1.82) is 0 Å². The molecule has 1 heterocycles. The number of ether oxygens (including phenoxy) is 2. The Labute approximate surface area is 162 Å². The molecular formula is C16H25N2O7PS. The molecule has 0 bridgehead atoms. The number of thiazole rings is 1. The van der Waals surface area contributed by atoms with E-state index in [1.165, 1.54) is 6.08 Å². The smallest absolute Gasteiger partial charge is 0.413 e. The topological polar surface area (TPSA) is 113 Å². The summed E-state index contributed by atoms with van der Waals surface area (Å²) in [7, 11) is -3.54. The second-order valence-electron chi connectivity index (χ2n) is 6.07. The highest BCUT2D eigenvalue weighted by molar-refractivity contribution is 7.53. The number of esters is 1. The summed E-state index contributed by atoms with van der Waals surface area (Å²) >= 11 is 1.02. The number of nitrogens with zero attached hydrogens (tertiary/aromatic N) is 1. The van der Waals surface area contributed by atoms with Gasteiger partial charge in [0.15, 0.2) is 17.2 Å². The maximum absolute atomic E-state index is 12.4. The van der Waals surface area contributed by atoms with Crippen molar-refractivity contribution >= 4 is 42.2 Å². The molecule has 1 amide bonds. The van der Waals surface area contributed by atoms with E-state index in [4.69, 9.17) is 18.5 Å². The van der Waals surface area contributed by atoms with Crippen LogP contribution in [0.3, 0.4) is 0 Å². The second-order valence-corrected chi connectivity index (χ2v) is 9.10. The molecule has 0 aliphatic rings. The molecule has 1 N–H and O–H groups in total. The van der Waals surface area contributed by atoms with Gasteiger partial charge in [-0.2, -0.15) is 0 Å². The SMILES string of the molecule is C=Cc1sc(NC(=O)OC(C)(C)C)nc1C(=O)OCP(=O)(OCC)OCC. The highest BCUT2D eigenvalue weighted by Gasteiger charge is 2.28. The molecular weight excluding hydrogens is 395 g/mol. The Morgan fingerprint density at radius 3 is 2.33 bits per heavy atom. The molecule has 11 heteroatoms. The minimum Gasteiger partial charge on any atom is -0.448 e. The Kier molecular flexibility index (Phi) is 8.61. The third-order valence-corrected chi connectivity index (χ3v) is 5.36. The Morgan fingerprint density at radius 2 is 1.85 bits per heavy atom. The highest BCUT2D eigenvalue weighted by Crippen LogP contribution is 2.48. The standard InChI is InChI=1S/C16H25N2O7PS/c1-7-11-12(13(19)22-10-26(21,23-8-2)24-9-3)17-14(27-11)18-15(20)25-16(4,5)6/h7H,1,8-10H2,2-6H3,(H,17,18,20). The van der Waals surface area contributed by atoms with E-state index in [9.17, 15) is 14.2 Å². The van der Waals surface area contributed by atoms with Crippen molar-refractivity contribution < 1.29 is 32.7 Å². The van der Waals surface area contributed by atoms with Gasteiger partial charge in [0, 0.05) is 0 Å². The van der Waals surface area contributed by atoms with Crippen LogP contribution in [0.25, 0.3) is 6.08 Å². The Hall–Kier alpha value is -1.74. The first-order valence-corrected chi connectivity index (χ1v) is 10.8. The van der Waals surface area contributed by atoms with Crippen LogP contribution in [-0.4, -0.2) is 42.2 Å². The molecule has 9 nitrogen and oxygen atoms in total. The number of hydrogen-bond acceptors (Lipinski definition) is 9. The maximum Gasteiger partial charge on any atom is 0.413 e. The van der Waals surface area contributed by atoms with Gasteiger partial charge in [-0.05, 0) is 40.7 Å². The minimum atomic E-state index is -3.54. The van der Waals surface area contributed by atoms with E-state index < -0.39 is 31.6 Å². The van der Waals surface area contributed by atoms with E-state index in [2.05, 4.69) is 16.9 Å². The zero-order valence-electron chi connectivity index (χ0n) is 16.1. The van der Waals surface area contributed by atoms with Gasteiger partial charge >= 0.3 is 19.7 Å². The Morgan fingerprint density at radius 1 is 1.26 bits per heavy atom. The van der Waals surface area contributed by atoms with Crippen LogP contribution in [0, 0.1) is 0 Å². The third kappa shape index (κ3) is 7.80. The number of amides is 1. The van der Waals surface area contributed by atoms with E-state index in [1.807, 2.05) is 0 Å². The lowest BCUT2D eigenvalue weighted by molar-refractivity contribution is 0.0525. The molecule has 27 heavy (non-hydrogen) atoms. The predicted molar refractivity (Wildman–Crippen MR) is 103 cm³/mol. The predicted octanol–water partition coefficient (Wildman–Crippen LogP) is 4.51. The van der Waals surface area contributed by atoms with Gasteiger partial charge in [0.05, 0.1) is 18.1 Å². The number of hydrogen-bond donors (Lipinski definition) is 1. The molecule has 1 aromatic rings. The molecule has 1 aromatic heterocycles. The fourth-order valence-electron chi connectivity index (χ4n) is 1.77. The van der Waals surface area contributed by atoms with E-state index >= 15 is 0 Å². The summed E-state index contributed by atoms with van der Waals surface area (Å²) in [5.41, 5.74) is -0.745. The lowest BCUT2D eigenvalue weighted by Gasteiger charge is -2.18. The van der Waals surface area contributed by atoms with Crippen LogP contribution in [0.2, 0.25) is 0 Å². The molecule has 0 fully saturated rings. The molecule has 0 aromatic carbocycles. The van der Waals surface area contributed by atoms with Gasteiger partial charge in [-0.1, -0.05) is 17.9 Å². The van der Waals surface area contributed by atoms with Crippen LogP contribution >= 0.6 is 18.9 Å². The van der Waals surface area contributed by atoms with Crippen molar-refractivity contribution in [3.8, 4) is 0 Å². The fourth-order valence-corrected chi connectivity index (χ4v) is 3.85. The summed E-state index contributed by atoms with van der Waals surface area (Å²) in [6.07, 6.45) is 0.152. The number of nitrogens with one attached hydrogen (secondary N) is 1. The van der Waals surface area contributed by atoms with Crippen LogP contribution in [0.15, 0.2) is 6.58 Å². The minimum absolute atomic E-state index is 0.0689. The first-order chi connectivity index (χ1) is 12.5. The van der Waals surface area contributed by atoms with Crippen LogP contribution in [-0.2, 0) is 23.1 Å². The lowest BCUT2D eigenvalue weighted by atomic mass is 10.2. The van der Waals surface area contributed by atoms with E-state index in [0.29, 0.717) is 4.88 Å². The van der Waals surface area contributed by atoms with Crippen molar-refractivity contribution in [3.63, 3.8) is 0 Å². The lowest BCUT2D eigenvalue weighted by Crippen LogP contribution is -2.27. The molecule has 0 aliphatic carbocycles. The summed E-state index contributed by atoms with van der Waals surface area (Å²) in [5, 5.41) is 2.59. The average molecular weight is 420 g/mol. The molecule has 0 unspecified atom stereocenters. The summed E-state index contributed by atoms with van der Waals surface area (Å²) in [6.45, 7) is 12.4. The van der Waals surface area contributed by atoms with Gasteiger partial charge in [-0.15, -0.1) is 0 Å². The van der Waals surface area contributed by atoms with Gasteiger partial charge < -0.3 is 18.5 Å². The zero-order chi connectivity index (χ0) is 20.7. The summed E-state index contributed by atoms with van der Waals surface area (Å²) < 4.78 is 32.7. The molecule has 0 radical (unpaired) electrons. The molecule has 0 atom stereocenters. The van der Waals surface area contributed by atoms with Crippen molar-refractivity contribution in [2.75, 3.05) is 24.9 Å². The quantitative estimate of drug-likeness (QED) is 0.458. The van der Waals surface area contributed by atoms with Crippen LogP contribution < -0.4 is 5.32 Å². The first-order valence-electron chi connectivity index (χ1n) is 8.22. The maximum atomic E-state index is 12.4. The van der Waals surface area contributed by atoms with Crippen LogP contribution in [0.4, 0.5) is 9.93 Å². The third-order valence-electron chi connectivity index (χ3n) is 2.65. The zero-order valence-corrected chi connectivity index (χ0v) is 17.8. The largest absolute Gasteiger partial charge is 0.448 e. The van der Waals surface area contributed by atoms with Crippen molar-refractivity contribution in [1.82, 2.24) is 4.98 Å². The Balaban J connectivity index is 2.85. The molecule has 152 valence electrons. The monoisotopic (exact) mass is 420 g/mol. The van der Waals surface area contributed by atoms with Gasteiger partial charge in [-0.25, -0.2) is 14.6 Å². The summed E-state index contributed by atoms with van der Waals surface area (Å²) in [4.78, 5) is 28.6. The second kappa shape index (κ2) is 9.98. The van der Waals surface area contributed by atoms with Crippen LogP contribution in [0.1, 0.15) is 50.0 Å². The average Bonchev–Trinajstić information content (AvgIpc) is 2.94. The van der Waals surface area contributed by atoms with Crippen molar-refractivity contribution in [2.24, 2.45) is 0 Å². The van der Waals surface area contributed by atoms with E-state index in [0.717, 1.165) is 11.3 Å². The first kappa shape index (κ1) is 23.3. The number of carbonyl (C=O) groups is 2.